The molecule has 2 aromatic heterocycles. The molecule has 1 aliphatic heterocycles. The number of carboxylic acid groups (broad SMARTS) is 1. The van der Waals surface area contributed by atoms with E-state index in [-0.39, 0.29) is 30.3 Å². The minimum atomic E-state index is -1.07. The average Bonchev–Trinajstić information content (AvgIpc) is 2.99. The van der Waals surface area contributed by atoms with Crippen LogP contribution in [0.3, 0.4) is 0 Å². The van der Waals surface area contributed by atoms with Crippen LogP contribution in [0.25, 0.3) is 11.1 Å². The maximum Gasteiger partial charge on any atom is 0.336 e. The van der Waals surface area contributed by atoms with Crippen molar-refractivity contribution in [1.29, 1.82) is 0 Å². The van der Waals surface area contributed by atoms with Crippen LogP contribution in [-0.4, -0.2) is 43.8 Å². The molecule has 3 heterocycles. The van der Waals surface area contributed by atoms with E-state index in [4.69, 9.17) is 11.6 Å². The van der Waals surface area contributed by atoms with Crippen molar-refractivity contribution < 1.29 is 19.5 Å². The van der Waals surface area contributed by atoms with Gasteiger partial charge in [0.25, 0.3) is 5.91 Å². The Bertz CT molecular complexity index is 1500. The van der Waals surface area contributed by atoms with Crippen molar-refractivity contribution in [1.82, 2.24) is 14.9 Å². The highest BCUT2D eigenvalue weighted by molar-refractivity contribution is 6.31. The number of aromatic carboxylic acids is 1. The number of fused-ring (bicyclic) bond motifs is 1. The molecule has 0 saturated heterocycles. The van der Waals surface area contributed by atoms with E-state index in [1.54, 1.807) is 73.2 Å². The first-order valence-corrected chi connectivity index (χ1v) is 11.9. The van der Waals surface area contributed by atoms with Crippen molar-refractivity contribution >= 4 is 35.1 Å². The number of nitrogens with one attached hydrogen (secondary N) is 1. The number of hydrogen-bond donors (Lipinski definition) is 2. The molecule has 37 heavy (non-hydrogen) atoms. The number of nitrogens with zero attached hydrogens (tertiary/aromatic N) is 3. The Hall–Kier alpha value is -4.56. The highest BCUT2D eigenvalue weighted by Gasteiger charge is 2.36. The van der Waals surface area contributed by atoms with E-state index in [2.05, 4.69) is 15.3 Å². The lowest BCUT2D eigenvalue weighted by atomic mass is 9.97. The van der Waals surface area contributed by atoms with Crippen molar-refractivity contribution in [2.24, 2.45) is 0 Å². The summed E-state index contributed by atoms with van der Waals surface area (Å²) in [6.07, 6.45) is 5.02. The number of hydrogen-bond acceptors (Lipinski definition) is 5. The third kappa shape index (κ3) is 5.05. The molecule has 0 bridgehead atoms. The zero-order valence-corrected chi connectivity index (χ0v) is 20.2. The number of halogens is 1. The number of carbonyl (C=O) groups is 3. The summed E-state index contributed by atoms with van der Waals surface area (Å²) in [4.78, 5) is 49.0. The van der Waals surface area contributed by atoms with Gasteiger partial charge in [0.2, 0.25) is 5.91 Å². The molecule has 0 aliphatic carbocycles. The summed E-state index contributed by atoms with van der Waals surface area (Å²) in [5, 5.41) is 13.0. The summed E-state index contributed by atoms with van der Waals surface area (Å²) in [6.45, 7) is 0.0684. The smallest absolute Gasteiger partial charge is 0.336 e. The van der Waals surface area contributed by atoms with Gasteiger partial charge in [0, 0.05) is 47.8 Å². The lowest BCUT2D eigenvalue weighted by Crippen LogP contribution is -2.46. The van der Waals surface area contributed by atoms with Crippen molar-refractivity contribution in [3.8, 4) is 11.1 Å². The Kier molecular flexibility index (Phi) is 6.66. The highest BCUT2D eigenvalue weighted by atomic mass is 35.5. The van der Waals surface area contributed by atoms with E-state index in [1.165, 1.54) is 11.0 Å². The number of benzene rings is 2. The Morgan fingerprint density at radius 1 is 1.00 bits per heavy atom. The zero-order chi connectivity index (χ0) is 25.9. The van der Waals surface area contributed by atoms with Crippen LogP contribution >= 0.6 is 11.6 Å². The summed E-state index contributed by atoms with van der Waals surface area (Å²) in [7, 11) is 0. The Morgan fingerprint density at radius 2 is 1.86 bits per heavy atom. The van der Waals surface area contributed by atoms with Gasteiger partial charge in [0.15, 0.2) is 0 Å². The fourth-order valence-corrected chi connectivity index (χ4v) is 4.57. The van der Waals surface area contributed by atoms with Gasteiger partial charge in [-0.1, -0.05) is 29.8 Å². The standard InChI is InChI=1S/C28H21ClN4O4/c29-19-7-9-22-24(13-19)32-26(34)25(14-20-5-1-2-11-31-20)33(27(22)35)16-17-6-8-21(28(36)37)23(12-17)18-4-3-10-30-15-18/h1-13,15,25H,14,16H2,(H,32,34)(H,36,37)/t25-/m1/s1. The molecule has 9 heteroatoms. The lowest BCUT2D eigenvalue weighted by molar-refractivity contribution is -0.120. The second-order valence-corrected chi connectivity index (χ2v) is 9.02. The van der Waals surface area contributed by atoms with Gasteiger partial charge in [-0.2, -0.15) is 0 Å². The third-order valence-electron chi connectivity index (χ3n) is 6.18. The average molecular weight is 513 g/mol. The predicted octanol–water partition coefficient (Wildman–Crippen LogP) is 4.70. The van der Waals surface area contributed by atoms with Crippen LogP contribution in [-0.2, 0) is 17.8 Å². The number of aromatic nitrogens is 2. The molecule has 8 nitrogen and oxygen atoms in total. The number of anilines is 1. The van der Waals surface area contributed by atoms with Crippen LogP contribution in [0, 0.1) is 0 Å². The second-order valence-electron chi connectivity index (χ2n) is 8.58. The van der Waals surface area contributed by atoms with Gasteiger partial charge >= 0.3 is 5.97 Å². The SMILES string of the molecule is O=C(O)c1ccc(CN2C(=O)c3ccc(Cl)cc3NC(=O)[C@H]2Cc2ccccn2)cc1-c1cccnc1. The molecule has 0 spiro atoms. The van der Waals surface area contributed by atoms with Gasteiger partial charge in [-0.25, -0.2) is 4.79 Å². The normalized spacial score (nSPS) is 15.1. The first kappa shape index (κ1) is 24.1. The minimum absolute atomic E-state index is 0.0684. The third-order valence-corrected chi connectivity index (χ3v) is 6.41. The van der Waals surface area contributed by atoms with Crippen molar-refractivity contribution in [3.63, 3.8) is 0 Å². The van der Waals surface area contributed by atoms with Crippen molar-refractivity contribution in [2.75, 3.05) is 5.32 Å². The monoisotopic (exact) mass is 512 g/mol. The van der Waals surface area contributed by atoms with E-state index in [0.717, 1.165) is 0 Å². The molecule has 0 fully saturated rings. The number of carboxylic acids is 1. The molecule has 184 valence electrons. The van der Waals surface area contributed by atoms with Crippen LogP contribution in [0.15, 0.2) is 85.3 Å². The molecule has 2 amide bonds. The van der Waals surface area contributed by atoms with Crippen LogP contribution in [0.2, 0.25) is 5.02 Å². The fourth-order valence-electron chi connectivity index (χ4n) is 4.40. The van der Waals surface area contributed by atoms with Gasteiger partial charge in [-0.15, -0.1) is 0 Å². The van der Waals surface area contributed by atoms with Gasteiger partial charge < -0.3 is 15.3 Å². The van der Waals surface area contributed by atoms with Crippen LogP contribution in [0.1, 0.15) is 32.0 Å². The molecule has 0 unspecified atom stereocenters. The first-order chi connectivity index (χ1) is 17.9. The van der Waals surface area contributed by atoms with Gasteiger partial charge in [0.05, 0.1) is 16.8 Å². The van der Waals surface area contributed by atoms with Crippen LogP contribution in [0.4, 0.5) is 5.69 Å². The largest absolute Gasteiger partial charge is 0.478 e. The lowest BCUT2D eigenvalue weighted by Gasteiger charge is -2.29. The Balaban J connectivity index is 1.58. The molecule has 2 aromatic carbocycles. The van der Waals surface area contributed by atoms with E-state index in [9.17, 15) is 19.5 Å². The summed E-state index contributed by atoms with van der Waals surface area (Å²) < 4.78 is 0. The number of pyridine rings is 2. The summed E-state index contributed by atoms with van der Waals surface area (Å²) in [5.41, 5.74) is 3.19. The van der Waals surface area contributed by atoms with E-state index in [0.29, 0.717) is 38.7 Å². The number of amides is 2. The minimum Gasteiger partial charge on any atom is -0.478 e. The fraction of sp³-hybridized carbons (Fsp3) is 0.107. The molecule has 1 atom stereocenters. The van der Waals surface area contributed by atoms with Crippen LogP contribution in [0.5, 0.6) is 0 Å². The van der Waals surface area contributed by atoms with Gasteiger partial charge in [-0.3, -0.25) is 19.6 Å². The Labute approximate surface area is 217 Å². The molecule has 5 rings (SSSR count). The highest BCUT2D eigenvalue weighted by Crippen LogP contribution is 2.30. The zero-order valence-electron chi connectivity index (χ0n) is 19.5. The second kappa shape index (κ2) is 10.2. The van der Waals surface area contributed by atoms with E-state index >= 15 is 0 Å². The summed E-state index contributed by atoms with van der Waals surface area (Å²) in [5.74, 6) is -1.79. The molecule has 0 saturated carbocycles. The van der Waals surface area contributed by atoms with Gasteiger partial charge in [0.1, 0.15) is 6.04 Å². The first-order valence-electron chi connectivity index (χ1n) is 11.5. The molecular formula is C28H21ClN4O4. The molecular weight excluding hydrogens is 492 g/mol. The number of carbonyl (C=O) groups excluding carboxylic acids is 2. The summed E-state index contributed by atoms with van der Waals surface area (Å²) in [6, 6.07) is 17.6. The van der Waals surface area contributed by atoms with Gasteiger partial charge in [-0.05, 0) is 59.7 Å². The predicted molar refractivity (Wildman–Crippen MR) is 138 cm³/mol. The maximum absolute atomic E-state index is 13.8. The Morgan fingerprint density at radius 3 is 2.59 bits per heavy atom. The molecule has 4 aromatic rings. The quantitative estimate of drug-likeness (QED) is 0.387. The number of rotatable bonds is 6. The van der Waals surface area contributed by atoms with E-state index < -0.39 is 12.0 Å². The molecule has 0 radical (unpaired) electrons. The van der Waals surface area contributed by atoms with Crippen LogP contribution < -0.4 is 5.32 Å². The molecule has 1 aliphatic rings. The summed E-state index contributed by atoms with van der Waals surface area (Å²) >= 11 is 6.13. The van der Waals surface area contributed by atoms with Crippen molar-refractivity contribution in [3.05, 3.63) is 113 Å². The van der Waals surface area contributed by atoms with E-state index in [1.807, 2.05) is 6.07 Å². The maximum atomic E-state index is 13.8. The molecule has 2 N–H and O–H groups in total. The topological polar surface area (TPSA) is 112 Å². The van der Waals surface area contributed by atoms with Crippen molar-refractivity contribution in [2.45, 2.75) is 19.0 Å².